The summed E-state index contributed by atoms with van der Waals surface area (Å²) in [5.41, 5.74) is 2.46. The molecule has 1 aliphatic rings. The van der Waals surface area contributed by atoms with Crippen LogP contribution >= 0.6 is 0 Å². The Kier molecular flexibility index (Phi) is 8.10. The summed E-state index contributed by atoms with van der Waals surface area (Å²) in [7, 11) is -3.39. The molecule has 4 rings (SSSR count). The van der Waals surface area contributed by atoms with Gasteiger partial charge in [0.25, 0.3) is 0 Å². The van der Waals surface area contributed by atoms with Crippen LogP contribution in [0.3, 0.4) is 0 Å². The molecule has 0 N–H and O–H groups in total. The van der Waals surface area contributed by atoms with Gasteiger partial charge < -0.3 is 14.4 Å². The van der Waals surface area contributed by atoms with Gasteiger partial charge in [-0.1, -0.05) is 60.7 Å². The Morgan fingerprint density at radius 1 is 0.882 bits per heavy atom. The maximum Gasteiger partial charge on any atom is 0.218 e. The first-order valence-electron chi connectivity index (χ1n) is 11.5. The molecule has 1 fully saturated rings. The summed E-state index contributed by atoms with van der Waals surface area (Å²) in [6.07, 6.45) is 0. The summed E-state index contributed by atoms with van der Waals surface area (Å²) in [5.74, 6) is 1.25. The number of sulfonamides is 1. The van der Waals surface area contributed by atoms with Crippen LogP contribution in [0.5, 0.6) is 5.75 Å². The van der Waals surface area contributed by atoms with E-state index in [1.165, 1.54) is 0 Å². The highest BCUT2D eigenvalue weighted by atomic mass is 32.2. The van der Waals surface area contributed by atoms with Crippen LogP contribution in [-0.2, 0) is 20.5 Å². The van der Waals surface area contributed by atoms with Gasteiger partial charge in [0.2, 0.25) is 10.0 Å². The third-order valence-corrected chi connectivity index (χ3v) is 7.47. The van der Waals surface area contributed by atoms with Gasteiger partial charge in [0.05, 0.1) is 18.1 Å². The Labute approximate surface area is 201 Å². The second-order valence-electron chi connectivity index (χ2n) is 7.96. The van der Waals surface area contributed by atoms with Gasteiger partial charge in [-0.3, -0.25) is 0 Å². The minimum Gasteiger partial charge on any atom is -0.487 e. The molecule has 0 amide bonds. The molecule has 0 atom stereocenters. The maximum absolute atomic E-state index is 12.9. The van der Waals surface area contributed by atoms with E-state index in [2.05, 4.69) is 10.2 Å². The largest absolute Gasteiger partial charge is 0.487 e. The molecule has 34 heavy (non-hydrogen) atoms. The van der Waals surface area contributed by atoms with Crippen LogP contribution in [0.15, 0.2) is 66.7 Å². The number of nitrogens with zero attached hydrogens (tertiary/aromatic N) is 4. The summed E-state index contributed by atoms with van der Waals surface area (Å²) in [4.78, 5) is 2.03. The third kappa shape index (κ3) is 6.11. The van der Waals surface area contributed by atoms with Crippen LogP contribution in [0, 0.1) is 0 Å². The molecule has 1 saturated heterocycles. The normalized spacial score (nSPS) is 14.8. The molecule has 0 saturated carbocycles. The second-order valence-corrected chi connectivity index (χ2v) is 9.93. The molecular formula is C25H30N4O4S. The summed E-state index contributed by atoms with van der Waals surface area (Å²) >= 11 is 0. The Balaban J connectivity index is 1.47. The lowest BCUT2D eigenvalue weighted by atomic mass is 10.1. The first kappa shape index (κ1) is 24.1. The van der Waals surface area contributed by atoms with E-state index in [1.54, 1.807) is 4.31 Å². The molecule has 180 valence electrons. The summed E-state index contributed by atoms with van der Waals surface area (Å²) in [6, 6.07) is 21.0. The first-order chi connectivity index (χ1) is 16.6. The first-order valence-corrected chi connectivity index (χ1v) is 13.1. The van der Waals surface area contributed by atoms with Crippen LogP contribution in [0.25, 0.3) is 11.3 Å². The lowest BCUT2D eigenvalue weighted by Gasteiger charge is -2.35. The van der Waals surface area contributed by atoms with Crippen LogP contribution < -0.4 is 9.64 Å². The average Bonchev–Trinajstić information content (AvgIpc) is 2.87. The van der Waals surface area contributed by atoms with Crippen LogP contribution in [0.2, 0.25) is 0 Å². The van der Waals surface area contributed by atoms with Crippen molar-refractivity contribution in [3.05, 3.63) is 72.3 Å². The van der Waals surface area contributed by atoms with Crippen molar-refractivity contribution in [2.24, 2.45) is 0 Å². The van der Waals surface area contributed by atoms with Gasteiger partial charge in [-0.15, -0.1) is 10.2 Å². The Hall–Kier alpha value is -3.01. The molecule has 8 nitrogen and oxygen atoms in total. The molecule has 2 heterocycles. The van der Waals surface area contributed by atoms with Crippen molar-refractivity contribution in [1.29, 1.82) is 0 Å². The van der Waals surface area contributed by atoms with E-state index < -0.39 is 10.0 Å². The van der Waals surface area contributed by atoms with Crippen LogP contribution in [0.4, 0.5) is 5.82 Å². The minimum atomic E-state index is -3.39. The van der Waals surface area contributed by atoms with E-state index >= 15 is 0 Å². The van der Waals surface area contributed by atoms with Crippen molar-refractivity contribution < 1.29 is 17.9 Å². The van der Waals surface area contributed by atoms with Gasteiger partial charge in [-0.05, 0) is 12.5 Å². The second kappa shape index (κ2) is 11.4. The number of piperazine rings is 1. The van der Waals surface area contributed by atoms with Crippen LogP contribution in [-0.4, -0.2) is 68.9 Å². The molecule has 0 bridgehead atoms. The van der Waals surface area contributed by atoms with Gasteiger partial charge in [-0.2, -0.15) is 4.31 Å². The quantitative estimate of drug-likeness (QED) is 0.410. The number of aromatic nitrogens is 2. The molecular weight excluding hydrogens is 452 g/mol. The van der Waals surface area contributed by atoms with Gasteiger partial charge >= 0.3 is 0 Å². The van der Waals surface area contributed by atoms with E-state index in [-0.39, 0.29) is 5.75 Å². The number of rotatable bonds is 10. The molecule has 3 aromatic rings. The predicted octanol–water partition coefficient (Wildman–Crippen LogP) is 3.21. The Bertz CT molecular complexity index is 1150. The van der Waals surface area contributed by atoms with E-state index in [4.69, 9.17) is 9.47 Å². The minimum absolute atomic E-state index is 0.00517. The van der Waals surface area contributed by atoms with E-state index in [9.17, 15) is 8.42 Å². The summed E-state index contributed by atoms with van der Waals surface area (Å²) in [6.45, 7) is 5.23. The third-order valence-electron chi connectivity index (χ3n) is 5.62. The lowest BCUT2D eigenvalue weighted by Crippen LogP contribution is -2.49. The van der Waals surface area contributed by atoms with Gasteiger partial charge in [0.1, 0.15) is 6.61 Å². The van der Waals surface area contributed by atoms with Crippen molar-refractivity contribution in [3.63, 3.8) is 0 Å². The standard InChI is InChI=1S/C25H30N4O4S/c1-2-32-17-18-33-24-19-23(22-11-7-4-8-12-22)26-27-25(24)28-13-15-29(16-14-28)34(30,31)20-21-9-5-3-6-10-21/h3-12,19H,2,13-18,20H2,1H3. The molecule has 2 aromatic carbocycles. The average molecular weight is 483 g/mol. The molecule has 1 aromatic heterocycles. The van der Waals surface area contributed by atoms with Crippen molar-refractivity contribution in [2.75, 3.05) is 50.9 Å². The number of anilines is 1. The number of ether oxygens (including phenoxy) is 2. The summed E-state index contributed by atoms with van der Waals surface area (Å²) < 4.78 is 38.8. The highest BCUT2D eigenvalue weighted by Gasteiger charge is 2.29. The monoisotopic (exact) mass is 482 g/mol. The molecule has 1 aliphatic heterocycles. The zero-order valence-electron chi connectivity index (χ0n) is 19.3. The van der Waals surface area contributed by atoms with E-state index in [0.717, 1.165) is 16.8 Å². The van der Waals surface area contributed by atoms with Crippen molar-refractivity contribution >= 4 is 15.8 Å². The zero-order valence-corrected chi connectivity index (χ0v) is 20.2. The number of hydrogen-bond donors (Lipinski definition) is 0. The van der Waals surface area contributed by atoms with E-state index in [0.29, 0.717) is 57.6 Å². The molecule has 9 heteroatoms. The van der Waals surface area contributed by atoms with Crippen molar-refractivity contribution in [1.82, 2.24) is 14.5 Å². The fraction of sp³-hybridized carbons (Fsp3) is 0.360. The molecule has 0 radical (unpaired) electrons. The van der Waals surface area contributed by atoms with Gasteiger partial charge in [0.15, 0.2) is 11.6 Å². The molecule has 0 spiro atoms. The van der Waals surface area contributed by atoms with Gasteiger partial charge in [-0.25, -0.2) is 8.42 Å². The predicted molar refractivity (Wildman–Crippen MR) is 132 cm³/mol. The fourth-order valence-electron chi connectivity index (χ4n) is 3.85. The van der Waals surface area contributed by atoms with Crippen LogP contribution in [0.1, 0.15) is 12.5 Å². The SMILES string of the molecule is CCOCCOc1cc(-c2ccccc2)nnc1N1CCN(S(=O)(=O)Cc2ccccc2)CC1. The van der Waals surface area contributed by atoms with Crippen molar-refractivity contribution in [2.45, 2.75) is 12.7 Å². The fourth-order valence-corrected chi connectivity index (χ4v) is 5.37. The van der Waals surface area contributed by atoms with E-state index in [1.807, 2.05) is 78.6 Å². The Morgan fingerprint density at radius 2 is 1.56 bits per heavy atom. The van der Waals surface area contributed by atoms with Gasteiger partial charge in [0, 0.05) is 44.4 Å². The molecule has 0 aliphatic carbocycles. The zero-order chi connectivity index (χ0) is 23.8. The van der Waals surface area contributed by atoms with Crippen molar-refractivity contribution in [3.8, 4) is 17.0 Å². The number of hydrogen-bond acceptors (Lipinski definition) is 7. The topological polar surface area (TPSA) is 84.9 Å². The highest BCUT2D eigenvalue weighted by Crippen LogP contribution is 2.30. The maximum atomic E-state index is 12.9. The smallest absolute Gasteiger partial charge is 0.218 e. The Morgan fingerprint density at radius 3 is 2.24 bits per heavy atom. The lowest BCUT2D eigenvalue weighted by molar-refractivity contribution is 0.110. The number of benzene rings is 2. The summed E-state index contributed by atoms with van der Waals surface area (Å²) in [5, 5.41) is 8.89. The highest BCUT2D eigenvalue weighted by molar-refractivity contribution is 7.88. The molecule has 0 unspecified atom stereocenters.